The lowest BCUT2D eigenvalue weighted by molar-refractivity contribution is 0.0958. The van der Waals surface area contributed by atoms with Crippen LogP contribution < -0.4 is 15.4 Å². The summed E-state index contributed by atoms with van der Waals surface area (Å²) in [6.07, 6.45) is 1.85. The Hall–Kier alpha value is -3.20. The van der Waals surface area contributed by atoms with E-state index < -0.39 is 0 Å². The molecule has 3 aromatic rings. The number of rotatable bonds is 6. The van der Waals surface area contributed by atoms with E-state index in [0.717, 1.165) is 5.56 Å². The van der Waals surface area contributed by atoms with Crippen molar-refractivity contribution in [1.82, 2.24) is 30.5 Å². The molecule has 0 saturated carbocycles. The van der Waals surface area contributed by atoms with Crippen LogP contribution in [0.3, 0.4) is 0 Å². The molecule has 28 heavy (non-hydrogen) atoms. The monoisotopic (exact) mass is 401 g/mol. The minimum absolute atomic E-state index is 0.116. The van der Waals surface area contributed by atoms with Crippen LogP contribution in [0.25, 0.3) is 11.3 Å². The van der Waals surface area contributed by atoms with E-state index in [4.69, 9.17) is 16.3 Å². The van der Waals surface area contributed by atoms with Gasteiger partial charge >= 0.3 is 0 Å². The highest BCUT2D eigenvalue weighted by molar-refractivity contribution is 6.29. The molecule has 0 aliphatic heterocycles. The molecular formula is C18H20ClN7O2. The molecule has 0 fully saturated rings. The Morgan fingerprint density at radius 3 is 2.64 bits per heavy atom. The van der Waals surface area contributed by atoms with Gasteiger partial charge in [-0.05, 0) is 26.0 Å². The van der Waals surface area contributed by atoms with Crippen LogP contribution in [-0.2, 0) is 0 Å². The number of nitrogens with one attached hydrogen (secondary N) is 2. The van der Waals surface area contributed by atoms with Gasteiger partial charge in [0.25, 0.3) is 5.91 Å². The summed E-state index contributed by atoms with van der Waals surface area (Å²) < 4.78 is 7.39. The van der Waals surface area contributed by atoms with Crippen molar-refractivity contribution in [3.8, 4) is 17.0 Å². The topological polar surface area (TPSA) is 107 Å². The van der Waals surface area contributed by atoms with E-state index in [-0.39, 0.29) is 22.8 Å². The van der Waals surface area contributed by atoms with Crippen molar-refractivity contribution in [2.45, 2.75) is 19.9 Å². The van der Waals surface area contributed by atoms with Crippen LogP contribution in [0.15, 0.2) is 30.5 Å². The first-order valence-corrected chi connectivity index (χ1v) is 8.94. The number of para-hydroxylation sites is 1. The Balaban J connectivity index is 2.04. The summed E-state index contributed by atoms with van der Waals surface area (Å²) in [4.78, 5) is 12.1. The first-order valence-electron chi connectivity index (χ1n) is 8.56. The van der Waals surface area contributed by atoms with Gasteiger partial charge in [-0.15, -0.1) is 15.3 Å². The lowest BCUT2D eigenvalue weighted by atomic mass is 10.1. The third-order valence-electron chi connectivity index (χ3n) is 4.01. The highest BCUT2D eigenvalue weighted by Crippen LogP contribution is 2.37. The molecule has 0 radical (unpaired) electrons. The molecule has 0 aliphatic rings. The maximum absolute atomic E-state index is 12.1. The number of methoxy groups -OCH3 is 1. The van der Waals surface area contributed by atoms with Crippen LogP contribution in [-0.4, -0.2) is 45.3 Å². The van der Waals surface area contributed by atoms with Gasteiger partial charge in [-0.2, -0.15) is 0 Å². The van der Waals surface area contributed by atoms with Crippen molar-refractivity contribution in [2.24, 2.45) is 0 Å². The van der Waals surface area contributed by atoms with Crippen LogP contribution in [0.1, 0.15) is 30.4 Å². The normalized spacial score (nSPS) is 10.8. The average Bonchev–Trinajstić information content (AvgIpc) is 3.18. The molecule has 2 N–H and O–H groups in total. The number of halogens is 1. The molecule has 2 aromatic heterocycles. The second-order valence-electron chi connectivity index (χ2n) is 6.20. The second kappa shape index (κ2) is 8.22. The molecule has 9 nitrogen and oxygen atoms in total. The molecule has 10 heteroatoms. The molecule has 0 spiro atoms. The number of amides is 1. The molecular weight excluding hydrogens is 382 g/mol. The fourth-order valence-corrected chi connectivity index (χ4v) is 2.75. The van der Waals surface area contributed by atoms with Crippen LogP contribution >= 0.6 is 11.6 Å². The van der Waals surface area contributed by atoms with E-state index in [1.165, 1.54) is 13.1 Å². The molecule has 0 saturated heterocycles. The molecule has 3 rings (SSSR count). The number of carbonyl (C=O) groups is 1. The molecule has 1 amide bonds. The summed E-state index contributed by atoms with van der Waals surface area (Å²) in [6, 6.07) is 7.27. The number of hydrogen-bond donors (Lipinski definition) is 2. The van der Waals surface area contributed by atoms with Gasteiger partial charge in [-0.1, -0.05) is 22.9 Å². The van der Waals surface area contributed by atoms with Crippen molar-refractivity contribution in [1.29, 1.82) is 0 Å². The number of anilines is 2. The maximum atomic E-state index is 12.1. The molecule has 1 aromatic carbocycles. The Kier molecular flexibility index (Phi) is 5.74. The van der Waals surface area contributed by atoms with Gasteiger partial charge in [0.05, 0.1) is 24.7 Å². The quantitative estimate of drug-likeness (QED) is 0.653. The van der Waals surface area contributed by atoms with Crippen LogP contribution in [0.2, 0.25) is 5.15 Å². The number of ether oxygens (including phenoxy) is 1. The lowest BCUT2D eigenvalue weighted by Crippen LogP contribution is -2.21. The minimum atomic E-state index is -0.387. The fourth-order valence-electron chi connectivity index (χ4n) is 2.60. The second-order valence-corrected chi connectivity index (χ2v) is 6.58. The van der Waals surface area contributed by atoms with Gasteiger partial charge in [-0.3, -0.25) is 4.79 Å². The Bertz CT molecular complexity index is 1000. The van der Waals surface area contributed by atoms with E-state index in [1.54, 1.807) is 11.8 Å². The summed E-state index contributed by atoms with van der Waals surface area (Å²) in [5.74, 6) is 0.163. The number of nitrogens with zero attached hydrogens (tertiary/aromatic N) is 5. The zero-order valence-corrected chi connectivity index (χ0v) is 16.7. The minimum Gasteiger partial charge on any atom is -0.494 e. The smallest absolute Gasteiger partial charge is 0.273 e. The zero-order chi connectivity index (χ0) is 20.3. The van der Waals surface area contributed by atoms with Crippen molar-refractivity contribution in [3.63, 3.8) is 0 Å². The summed E-state index contributed by atoms with van der Waals surface area (Å²) in [6.45, 7) is 4.04. The Morgan fingerprint density at radius 1 is 1.21 bits per heavy atom. The molecule has 0 aliphatic carbocycles. The molecule has 146 valence electrons. The molecule has 2 heterocycles. The van der Waals surface area contributed by atoms with E-state index in [2.05, 4.69) is 31.1 Å². The highest BCUT2D eigenvalue weighted by Gasteiger charge is 2.18. The Labute approximate surface area is 167 Å². The van der Waals surface area contributed by atoms with Crippen LogP contribution in [0.5, 0.6) is 5.75 Å². The lowest BCUT2D eigenvalue weighted by Gasteiger charge is -2.15. The van der Waals surface area contributed by atoms with Gasteiger partial charge in [0, 0.05) is 24.7 Å². The predicted octanol–water partition coefficient (Wildman–Crippen LogP) is 3.08. The SMILES string of the molecule is CNC(=O)c1nnc(Cl)cc1Nc1cccc(-c2cn(C(C)C)nn2)c1OC. The maximum Gasteiger partial charge on any atom is 0.273 e. The Morgan fingerprint density at radius 2 is 2.00 bits per heavy atom. The molecule has 0 atom stereocenters. The van der Waals surface area contributed by atoms with Gasteiger partial charge in [-0.25, -0.2) is 4.68 Å². The van der Waals surface area contributed by atoms with E-state index in [0.29, 0.717) is 22.8 Å². The summed E-state index contributed by atoms with van der Waals surface area (Å²) >= 11 is 5.97. The van der Waals surface area contributed by atoms with Crippen molar-refractivity contribution >= 4 is 28.9 Å². The number of carbonyl (C=O) groups excluding carboxylic acids is 1. The van der Waals surface area contributed by atoms with Gasteiger partial charge in [0.2, 0.25) is 0 Å². The predicted molar refractivity (Wildman–Crippen MR) is 106 cm³/mol. The first-order chi connectivity index (χ1) is 13.4. The van der Waals surface area contributed by atoms with Gasteiger partial charge in [0.15, 0.2) is 16.6 Å². The third-order valence-corrected chi connectivity index (χ3v) is 4.19. The van der Waals surface area contributed by atoms with Crippen LogP contribution in [0, 0.1) is 0 Å². The fraction of sp³-hybridized carbons (Fsp3) is 0.278. The van der Waals surface area contributed by atoms with Crippen LogP contribution in [0.4, 0.5) is 11.4 Å². The largest absolute Gasteiger partial charge is 0.494 e. The number of aromatic nitrogens is 5. The van der Waals surface area contributed by atoms with E-state index in [1.807, 2.05) is 38.2 Å². The highest BCUT2D eigenvalue weighted by atomic mass is 35.5. The van der Waals surface area contributed by atoms with Crippen molar-refractivity contribution in [3.05, 3.63) is 41.3 Å². The zero-order valence-electron chi connectivity index (χ0n) is 15.9. The van der Waals surface area contributed by atoms with Gasteiger partial charge in [0.1, 0.15) is 5.69 Å². The number of hydrogen-bond acceptors (Lipinski definition) is 7. The van der Waals surface area contributed by atoms with Gasteiger partial charge < -0.3 is 15.4 Å². The van der Waals surface area contributed by atoms with Crippen molar-refractivity contribution < 1.29 is 9.53 Å². The average molecular weight is 402 g/mol. The summed E-state index contributed by atoms with van der Waals surface area (Å²) in [5.41, 5.74) is 2.57. The van der Waals surface area contributed by atoms with E-state index >= 15 is 0 Å². The molecule has 0 bridgehead atoms. The van der Waals surface area contributed by atoms with Crippen molar-refractivity contribution in [2.75, 3.05) is 19.5 Å². The van der Waals surface area contributed by atoms with E-state index in [9.17, 15) is 4.79 Å². The molecule has 0 unspecified atom stereocenters. The third kappa shape index (κ3) is 3.89. The standard InChI is InChI=1S/C18H20ClN7O2/c1-10(2)26-9-14(22-25-26)11-6-5-7-12(17(11)28-4)21-13-8-15(19)23-24-16(13)18(27)20-3/h5-10H,1-4H3,(H,20,27)(H,21,23). The summed E-state index contributed by atoms with van der Waals surface area (Å²) in [7, 11) is 3.08. The first kappa shape index (κ1) is 19.6. The summed E-state index contributed by atoms with van der Waals surface area (Å²) in [5, 5.41) is 21.8. The number of benzene rings is 1.